The number of hydrogen-bond donors (Lipinski definition) is 2. The van der Waals surface area contributed by atoms with Crippen LogP contribution in [0.15, 0.2) is 34.9 Å². The summed E-state index contributed by atoms with van der Waals surface area (Å²) in [6.07, 6.45) is 1.95. The summed E-state index contributed by atoms with van der Waals surface area (Å²) in [5.41, 5.74) is 3.75. The van der Waals surface area contributed by atoms with Crippen molar-refractivity contribution in [3.8, 4) is 0 Å². The molecular weight excluding hydrogens is 437 g/mol. The van der Waals surface area contributed by atoms with Gasteiger partial charge in [-0.3, -0.25) is 4.40 Å². The number of hydrogen-bond acceptors (Lipinski definition) is 5. The quantitative estimate of drug-likeness (QED) is 0.350. The van der Waals surface area contributed by atoms with E-state index in [-0.39, 0.29) is 24.0 Å². The van der Waals surface area contributed by atoms with Crippen LogP contribution in [0.5, 0.6) is 0 Å². The highest BCUT2D eigenvalue weighted by atomic mass is 127. The van der Waals surface area contributed by atoms with Crippen molar-refractivity contribution in [2.24, 2.45) is 4.99 Å². The Hall–Kier alpha value is -1.75. The van der Waals surface area contributed by atoms with Gasteiger partial charge >= 0.3 is 0 Å². The number of thiazole rings is 1. The molecule has 0 aromatic carbocycles. The molecule has 24 heavy (non-hydrogen) atoms. The molecular formula is C15H20IN7S. The standard InChI is InChI=1S/C15H19N7S.HI/c1-3-16-15(17-8-12-11(2)19-10-23-12)18-9-14-21-20-13-6-4-5-7-22(13)14;/h4-7,10H,3,8-9H2,1-2H3,(H2,16,17,18);1H. The molecule has 7 nitrogen and oxygen atoms in total. The van der Waals surface area contributed by atoms with E-state index in [0.29, 0.717) is 13.1 Å². The topological polar surface area (TPSA) is 79.5 Å². The summed E-state index contributed by atoms with van der Waals surface area (Å²) in [6, 6.07) is 5.83. The van der Waals surface area contributed by atoms with Crippen LogP contribution in [0.4, 0.5) is 0 Å². The van der Waals surface area contributed by atoms with Gasteiger partial charge in [0.15, 0.2) is 17.4 Å². The Labute approximate surface area is 161 Å². The summed E-state index contributed by atoms with van der Waals surface area (Å²) in [6.45, 7) is 6.03. The van der Waals surface area contributed by atoms with Crippen molar-refractivity contribution in [2.75, 3.05) is 6.54 Å². The van der Waals surface area contributed by atoms with Crippen LogP contribution >= 0.6 is 35.3 Å². The van der Waals surface area contributed by atoms with Crippen LogP contribution in [0.25, 0.3) is 5.65 Å². The average Bonchev–Trinajstić information content (AvgIpc) is 3.16. The maximum atomic E-state index is 4.59. The molecule has 3 aromatic heterocycles. The fraction of sp³-hybridized carbons (Fsp3) is 0.333. The number of nitrogens with one attached hydrogen (secondary N) is 2. The first-order chi connectivity index (χ1) is 11.3. The summed E-state index contributed by atoms with van der Waals surface area (Å²) >= 11 is 1.64. The monoisotopic (exact) mass is 457 g/mol. The fourth-order valence-corrected chi connectivity index (χ4v) is 2.87. The zero-order valence-electron chi connectivity index (χ0n) is 13.6. The molecule has 0 atom stereocenters. The Morgan fingerprint density at radius 3 is 2.92 bits per heavy atom. The van der Waals surface area contributed by atoms with Crippen LogP contribution in [0.3, 0.4) is 0 Å². The Morgan fingerprint density at radius 2 is 2.17 bits per heavy atom. The lowest BCUT2D eigenvalue weighted by Gasteiger charge is -2.10. The van der Waals surface area contributed by atoms with Gasteiger partial charge in [-0.2, -0.15) is 0 Å². The van der Waals surface area contributed by atoms with E-state index in [9.17, 15) is 0 Å². The lowest BCUT2D eigenvalue weighted by molar-refractivity contribution is 0.801. The summed E-state index contributed by atoms with van der Waals surface area (Å²) in [4.78, 5) is 10.1. The Bertz CT molecular complexity index is 811. The number of rotatable bonds is 5. The van der Waals surface area contributed by atoms with Crippen LogP contribution in [0, 0.1) is 6.92 Å². The first-order valence-corrected chi connectivity index (χ1v) is 8.35. The summed E-state index contributed by atoms with van der Waals surface area (Å²) < 4.78 is 1.94. The Morgan fingerprint density at radius 1 is 1.29 bits per heavy atom. The second kappa shape index (κ2) is 8.92. The molecule has 3 heterocycles. The van der Waals surface area contributed by atoms with Gasteiger partial charge in [-0.05, 0) is 26.0 Å². The highest BCUT2D eigenvalue weighted by Crippen LogP contribution is 2.11. The molecule has 0 bridgehead atoms. The highest BCUT2D eigenvalue weighted by molar-refractivity contribution is 14.0. The van der Waals surface area contributed by atoms with Crippen LogP contribution < -0.4 is 10.6 Å². The molecule has 0 spiro atoms. The first kappa shape index (κ1) is 18.6. The van der Waals surface area contributed by atoms with E-state index in [0.717, 1.165) is 29.7 Å². The third-order valence-electron chi connectivity index (χ3n) is 3.37. The minimum atomic E-state index is 0. The molecule has 0 aliphatic heterocycles. The van der Waals surface area contributed by atoms with Gasteiger partial charge in [0, 0.05) is 17.6 Å². The normalized spacial score (nSPS) is 11.3. The van der Waals surface area contributed by atoms with Crippen molar-refractivity contribution in [3.63, 3.8) is 0 Å². The van der Waals surface area contributed by atoms with Crippen LogP contribution in [0.2, 0.25) is 0 Å². The van der Waals surface area contributed by atoms with Gasteiger partial charge in [0.2, 0.25) is 0 Å². The molecule has 3 rings (SSSR count). The van der Waals surface area contributed by atoms with Crippen LogP contribution in [0.1, 0.15) is 23.3 Å². The molecule has 0 aliphatic rings. The van der Waals surface area contributed by atoms with Crippen molar-refractivity contribution >= 4 is 46.9 Å². The summed E-state index contributed by atoms with van der Waals surface area (Å²) in [5.74, 6) is 1.57. The smallest absolute Gasteiger partial charge is 0.191 e. The zero-order chi connectivity index (χ0) is 16.1. The Kier molecular flexibility index (Phi) is 6.91. The number of aromatic nitrogens is 4. The van der Waals surface area contributed by atoms with Gasteiger partial charge in [-0.1, -0.05) is 6.07 Å². The van der Waals surface area contributed by atoms with Gasteiger partial charge < -0.3 is 10.6 Å². The number of aryl methyl sites for hydroxylation is 1. The maximum Gasteiger partial charge on any atom is 0.191 e. The molecule has 0 amide bonds. The fourth-order valence-electron chi connectivity index (χ4n) is 2.15. The van der Waals surface area contributed by atoms with Crippen LogP contribution in [-0.2, 0) is 13.1 Å². The van der Waals surface area contributed by atoms with E-state index in [1.807, 2.05) is 48.2 Å². The molecule has 0 unspecified atom stereocenters. The number of aliphatic imine (C=N–C) groups is 1. The molecule has 0 radical (unpaired) electrons. The van der Waals surface area contributed by atoms with Crippen LogP contribution in [-0.4, -0.2) is 32.1 Å². The van der Waals surface area contributed by atoms with E-state index in [1.54, 1.807) is 11.3 Å². The van der Waals surface area contributed by atoms with Gasteiger partial charge in [0.05, 0.1) is 17.7 Å². The summed E-state index contributed by atoms with van der Waals surface area (Å²) in [5, 5.41) is 14.9. The van der Waals surface area contributed by atoms with Gasteiger partial charge in [0.1, 0.15) is 6.54 Å². The van der Waals surface area contributed by atoms with E-state index < -0.39 is 0 Å². The molecule has 9 heteroatoms. The number of fused-ring (bicyclic) bond motifs is 1. The minimum absolute atomic E-state index is 0. The number of halogens is 1. The van der Waals surface area contributed by atoms with Crippen molar-refractivity contribution in [1.29, 1.82) is 0 Å². The second-order valence-corrected chi connectivity index (χ2v) is 5.89. The zero-order valence-corrected chi connectivity index (χ0v) is 16.7. The molecule has 3 aromatic rings. The molecule has 0 fully saturated rings. The third-order valence-corrected chi connectivity index (χ3v) is 4.30. The van der Waals surface area contributed by atoms with E-state index in [2.05, 4.69) is 30.8 Å². The van der Waals surface area contributed by atoms with Crippen molar-refractivity contribution in [3.05, 3.63) is 46.3 Å². The van der Waals surface area contributed by atoms with Crippen molar-refractivity contribution in [1.82, 2.24) is 30.2 Å². The van der Waals surface area contributed by atoms with Gasteiger partial charge in [-0.15, -0.1) is 45.5 Å². The van der Waals surface area contributed by atoms with E-state index in [4.69, 9.17) is 0 Å². The highest BCUT2D eigenvalue weighted by Gasteiger charge is 2.06. The third kappa shape index (κ3) is 4.41. The van der Waals surface area contributed by atoms with Gasteiger partial charge in [-0.25, -0.2) is 9.98 Å². The average molecular weight is 457 g/mol. The summed E-state index contributed by atoms with van der Waals surface area (Å²) in [7, 11) is 0. The van der Waals surface area contributed by atoms with Gasteiger partial charge in [0.25, 0.3) is 0 Å². The number of pyridine rings is 1. The second-order valence-electron chi connectivity index (χ2n) is 4.95. The SMILES string of the molecule is CCNC(=NCc1nnc2ccccn12)NCc1scnc1C.I. The van der Waals surface area contributed by atoms with E-state index in [1.165, 1.54) is 4.88 Å². The Balaban J connectivity index is 0.00000208. The molecule has 0 saturated heterocycles. The van der Waals surface area contributed by atoms with E-state index >= 15 is 0 Å². The molecule has 2 N–H and O–H groups in total. The number of guanidine groups is 1. The van der Waals surface area contributed by atoms with Crippen molar-refractivity contribution < 1.29 is 0 Å². The first-order valence-electron chi connectivity index (χ1n) is 7.47. The lowest BCUT2D eigenvalue weighted by atomic mass is 10.4. The molecule has 0 saturated carbocycles. The predicted molar refractivity (Wildman–Crippen MR) is 107 cm³/mol. The molecule has 0 aliphatic carbocycles. The minimum Gasteiger partial charge on any atom is -0.357 e. The number of nitrogens with zero attached hydrogens (tertiary/aromatic N) is 5. The lowest BCUT2D eigenvalue weighted by Crippen LogP contribution is -2.36. The predicted octanol–water partition coefficient (Wildman–Crippen LogP) is 2.37. The largest absolute Gasteiger partial charge is 0.357 e. The maximum absolute atomic E-state index is 4.59. The molecule has 128 valence electrons. The van der Waals surface area contributed by atoms with Crippen molar-refractivity contribution in [2.45, 2.75) is 26.9 Å².